The van der Waals surface area contributed by atoms with Crippen LogP contribution in [-0.2, 0) is 11.3 Å². The molecule has 0 saturated carbocycles. The van der Waals surface area contributed by atoms with E-state index in [2.05, 4.69) is 4.98 Å². The topological polar surface area (TPSA) is 59.2 Å². The van der Waals surface area contributed by atoms with Gasteiger partial charge in [0.05, 0.1) is 5.02 Å². The minimum Gasteiger partial charge on any atom is -0.457 e. The fourth-order valence-electron chi connectivity index (χ4n) is 2.18. The lowest BCUT2D eigenvalue weighted by atomic mass is 10.1. The van der Waals surface area contributed by atoms with Crippen LogP contribution in [0, 0.1) is 0 Å². The summed E-state index contributed by atoms with van der Waals surface area (Å²) in [4.78, 5) is 26.9. The summed E-state index contributed by atoms with van der Waals surface area (Å²) in [5.41, 5.74) is 0.694. The Morgan fingerprint density at radius 3 is 2.50 bits per heavy atom. The molecule has 0 unspecified atom stereocenters. The normalized spacial score (nSPS) is 10.6. The number of hydrogen-bond donors (Lipinski definition) is 1. The summed E-state index contributed by atoms with van der Waals surface area (Å²) >= 11 is 6.20. The molecule has 0 radical (unpaired) electrons. The van der Waals surface area contributed by atoms with Crippen molar-refractivity contribution in [2.75, 3.05) is 0 Å². The van der Waals surface area contributed by atoms with Gasteiger partial charge in [-0.1, -0.05) is 60.1 Å². The number of H-pyrrole nitrogens is 1. The number of pyridine rings is 1. The van der Waals surface area contributed by atoms with Crippen molar-refractivity contribution in [2.45, 2.75) is 6.61 Å². The lowest BCUT2D eigenvalue weighted by molar-refractivity contribution is 0.0471. The van der Waals surface area contributed by atoms with Crippen LogP contribution in [0.25, 0.3) is 10.9 Å². The van der Waals surface area contributed by atoms with Crippen molar-refractivity contribution in [1.82, 2.24) is 4.98 Å². The molecular weight excluding hydrogens is 302 g/mol. The largest absolute Gasteiger partial charge is 0.457 e. The van der Waals surface area contributed by atoms with Crippen LogP contribution < -0.4 is 5.56 Å². The van der Waals surface area contributed by atoms with Crippen molar-refractivity contribution in [3.63, 3.8) is 0 Å². The summed E-state index contributed by atoms with van der Waals surface area (Å²) in [6, 6.07) is 16.3. The van der Waals surface area contributed by atoms with Crippen molar-refractivity contribution >= 4 is 28.5 Å². The molecule has 1 aromatic heterocycles. The summed E-state index contributed by atoms with van der Waals surface area (Å²) in [7, 11) is 0. The highest BCUT2D eigenvalue weighted by Gasteiger charge is 2.19. The number of fused-ring (bicyclic) bond motifs is 1. The summed E-state index contributed by atoms with van der Waals surface area (Å²) in [6.45, 7) is 0.0856. The van der Waals surface area contributed by atoms with Gasteiger partial charge in [0, 0.05) is 10.9 Å². The van der Waals surface area contributed by atoms with Gasteiger partial charge in [-0.3, -0.25) is 4.79 Å². The second-order valence-electron chi connectivity index (χ2n) is 4.75. The average molecular weight is 314 g/mol. The van der Waals surface area contributed by atoms with E-state index >= 15 is 0 Å². The molecule has 0 atom stereocenters. The van der Waals surface area contributed by atoms with Gasteiger partial charge in [0.15, 0.2) is 0 Å². The van der Waals surface area contributed by atoms with E-state index in [0.29, 0.717) is 10.9 Å². The lowest BCUT2D eigenvalue weighted by Crippen LogP contribution is -2.20. The van der Waals surface area contributed by atoms with Crippen LogP contribution in [0.4, 0.5) is 0 Å². The molecule has 1 heterocycles. The lowest BCUT2D eigenvalue weighted by Gasteiger charge is -2.08. The predicted molar refractivity (Wildman–Crippen MR) is 85.1 cm³/mol. The second-order valence-corrected chi connectivity index (χ2v) is 5.13. The molecule has 0 amide bonds. The number of aromatic nitrogens is 1. The molecule has 22 heavy (non-hydrogen) atoms. The summed E-state index contributed by atoms with van der Waals surface area (Å²) in [5, 5.41) is 0.716. The number of carbonyl (C=O) groups excluding carboxylic acids is 1. The third-order valence-electron chi connectivity index (χ3n) is 3.28. The van der Waals surface area contributed by atoms with E-state index in [4.69, 9.17) is 16.3 Å². The first-order valence-electron chi connectivity index (χ1n) is 6.68. The van der Waals surface area contributed by atoms with Crippen molar-refractivity contribution in [3.05, 3.63) is 81.1 Å². The average Bonchev–Trinajstić information content (AvgIpc) is 2.54. The number of benzene rings is 2. The van der Waals surface area contributed by atoms with Crippen LogP contribution in [-0.4, -0.2) is 11.0 Å². The third-order valence-corrected chi connectivity index (χ3v) is 3.67. The van der Waals surface area contributed by atoms with E-state index in [-0.39, 0.29) is 17.2 Å². The molecule has 3 rings (SSSR count). The molecule has 0 aliphatic heterocycles. The first kappa shape index (κ1) is 14.4. The van der Waals surface area contributed by atoms with Crippen molar-refractivity contribution in [2.24, 2.45) is 0 Å². The van der Waals surface area contributed by atoms with Crippen molar-refractivity contribution < 1.29 is 9.53 Å². The van der Waals surface area contributed by atoms with Gasteiger partial charge in [0.25, 0.3) is 5.56 Å². The van der Waals surface area contributed by atoms with E-state index in [9.17, 15) is 9.59 Å². The van der Waals surface area contributed by atoms with E-state index in [1.54, 1.807) is 24.3 Å². The molecule has 0 aliphatic rings. The Labute approximate surface area is 131 Å². The molecule has 0 fully saturated rings. The molecule has 0 aliphatic carbocycles. The minimum absolute atomic E-state index is 0.0856. The highest BCUT2D eigenvalue weighted by atomic mass is 35.5. The summed E-state index contributed by atoms with van der Waals surface area (Å²) < 4.78 is 5.18. The van der Waals surface area contributed by atoms with E-state index in [1.165, 1.54) is 0 Å². The van der Waals surface area contributed by atoms with Crippen molar-refractivity contribution in [3.8, 4) is 0 Å². The van der Waals surface area contributed by atoms with Gasteiger partial charge in [-0.15, -0.1) is 0 Å². The molecule has 0 bridgehead atoms. The molecule has 5 heteroatoms. The van der Waals surface area contributed by atoms with Crippen LogP contribution in [0.1, 0.15) is 15.9 Å². The molecular formula is C17H12ClNO3. The van der Waals surface area contributed by atoms with Gasteiger partial charge in [-0.05, 0) is 11.6 Å². The fraction of sp³-hybridized carbons (Fsp3) is 0.0588. The molecule has 4 nitrogen and oxygen atoms in total. The molecule has 110 valence electrons. The number of halogens is 1. The first-order chi connectivity index (χ1) is 10.7. The number of esters is 1. The van der Waals surface area contributed by atoms with Crippen LogP contribution in [0.3, 0.4) is 0 Å². The zero-order chi connectivity index (χ0) is 15.5. The zero-order valence-electron chi connectivity index (χ0n) is 11.5. The molecule has 0 spiro atoms. The van der Waals surface area contributed by atoms with Gasteiger partial charge >= 0.3 is 5.97 Å². The Morgan fingerprint density at radius 2 is 1.73 bits per heavy atom. The first-order valence-corrected chi connectivity index (χ1v) is 7.06. The number of hydrogen-bond acceptors (Lipinski definition) is 3. The van der Waals surface area contributed by atoms with Crippen molar-refractivity contribution in [1.29, 1.82) is 0 Å². The van der Waals surface area contributed by atoms with Gasteiger partial charge in [-0.25, -0.2) is 4.79 Å². The number of aromatic amines is 1. The van der Waals surface area contributed by atoms with Gasteiger partial charge < -0.3 is 9.72 Å². The molecule has 1 N–H and O–H groups in total. The summed E-state index contributed by atoms with van der Waals surface area (Å²) in [6.07, 6.45) is 0. The van der Waals surface area contributed by atoms with E-state index in [1.807, 2.05) is 30.3 Å². The highest BCUT2D eigenvalue weighted by molar-refractivity contribution is 6.38. The van der Waals surface area contributed by atoms with Crippen LogP contribution in [0.15, 0.2) is 59.4 Å². The highest BCUT2D eigenvalue weighted by Crippen LogP contribution is 2.23. The van der Waals surface area contributed by atoms with E-state index in [0.717, 1.165) is 5.56 Å². The molecule has 0 saturated heterocycles. The Hall–Kier alpha value is -2.59. The van der Waals surface area contributed by atoms with Gasteiger partial charge in [-0.2, -0.15) is 0 Å². The monoisotopic (exact) mass is 313 g/mol. The SMILES string of the molecule is O=C(OCc1ccccc1)c1c(Cl)c2ccccc2[nH]c1=O. The minimum atomic E-state index is -0.735. The zero-order valence-corrected chi connectivity index (χ0v) is 12.3. The fourth-order valence-corrected chi connectivity index (χ4v) is 2.51. The van der Waals surface area contributed by atoms with Crippen LogP contribution in [0.5, 0.6) is 0 Å². The number of rotatable bonds is 3. The quantitative estimate of drug-likeness (QED) is 0.752. The number of nitrogens with one attached hydrogen (secondary N) is 1. The Morgan fingerprint density at radius 1 is 1.05 bits per heavy atom. The van der Waals surface area contributed by atoms with Crippen LogP contribution >= 0.6 is 11.6 Å². The Kier molecular flexibility index (Phi) is 3.94. The standard InChI is InChI=1S/C17H12ClNO3/c18-15-12-8-4-5-9-13(12)19-16(20)14(15)17(21)22-10-11-6-2-1-3-7-11/h1-9H,10H2,(H,19,20). The number of carbonyl (C=O) groups is 1. The molecule has 3 aromatic rings. The van der Waals surface area contributed by atoms with E-state index < -0.39 is 11.5 Å². The Balaban J connectivity index is 1.92. The van der Waals surface area contributed by atoms with Gasteiger partial charge in [0.1, 0.15) is 12.2 Å². The second kappa shape index (κ2) is 6.03. The Bertz CT molecular complexity index is 887. The maximum absolute atomic E-state index is 12.2. The predicted octanol–water partition coefficient (Wildman–Crippen LogP) is 3.54. The number of para-hydroxylation sites is 1. The summed E-state index contributed by atoms with van der Waals surface area (Å²) in [5.74, 6) is -0.735. The van der Waals surface area contributed by atoms with Gasteiger partial charge in [0.2, 0.25) is 0 Å². The third kappa shape index (κ3) is 2.73. The maximum atomic E-state index is 12.2. The molecule has 2 aromatic carbocycles. The maximum Gasteiger partial charge on any atom is 0.345 e. The smallest absolute Gasteiger partial charge is 0.345 e. The number of ether oxygens (including phenoxy) is 1. The van der Waals surface area contributed by atoms with Crippen LogP contribution in [0.2, 0.25) is 5.02 Å².